The fraction of sp³-hybridized carbons (Fsp3) is 0.150. The van der Waals surface area contributed by atoms with E-state index in [1.807, 2.05) is 30.3 Å². The number of nitrogens with one attached hydrogen (secondary N) is 1. The summed E-state index contributed by atoms with van der Waals surface area (Å²) in [6, 6.07) is 16.2. The fourth-order valence-corrected chi connectivity index (χ4v) is 3.40. The number of amides is 1. The van der Waals surface area contributed by atoms with Gasteiger partial charge >= 0.3 is 5.69 Å². The number of nitrogens with two attached hydrogens (primary N) is 1. The molecule has 0 radical (unpaired) electrons. The van der Waals surface area contributed by atoms with E-state index in [9.17, 15) is 14.4 Å². The number of hydrogen-bond acceptors (Lipinski definition) is 4. The Morgan fingerprint density at radius 3 is 2.39 bits per heavy atom. The lowest BCUT2D eigenvalue weighted by Gasteiger charge is -2.23. The lowest BCUT2D eigenvalue weighted by atomic mass is 10.2. The van der Waals surface area contributed by atoms with Gasteiger partial charge in [-0.15, -0.1) is 0 Å². The summed E-state index contributed by atoms with van der Waals surface area (Å²) >= 11 is 3.35. The zero-order chi connectivity index (χ0) is 20.3. The second-order valence-electron chi connectivity index (χ2n) is 6.09. The van der Waals surface area contributed by atoms with Crippen LogP contribution in [0.1, 0.15) is 22.8 Å². The third kappa shape index (κ3) is 3.77. The molecule has 1 amide bonds. The van der Waals surface area contributed by atoms with E-state index in [-0.39, 0.29) is 24.6 Å². The Morgan fingerprint density at radius 1 is 1.11 bits per heavy atom. The predicted octanol–water partition coefficient (Wildman–Crippen LogP) is 2.60. The molecule has 0 saturated carbocycles. The van der Waals surface area contributed by atoms with Crippen molar-refractivity contribution in [1.82, 2.24) is 9.55 Å². The number of aromatic nitrogens is 2. The molecular formula is C20H19BrN4O3. The zero-order valence-corrected chi connectivity index (χ0v) is 16.8. The van der Waals surface area contributed by atoms with Crippen LogP contribution in [0, 0.1) is 0 Å². The molecule has 2 aromatic carbocycles. The molecule has 0 fully saturated rings. The minimum Gasteiger partial charge on any atom is -0.383 e. The molecule has 0 unspecified atom stereocenters. The van der Waals surface area contributed by atoms with Crippen LogP contribution >= 0.6 is 15.9 Å². The first kappa shape index (κ1) is 19.6. The van der Waals surface area contributed by atoms with Crippen LogP contribution in [0.4, 0.5) is 11.5 Å². The second-order valence-corrected chi connectivity index (χ2v) is 6.95. The molecule has 7 nitrogen and oxygen atoms in total. The first-order valence-electron chi connectivity index (χ1n) is 8.67. The number of H-pyrrole nitrogens is 1. The number of carbonyl (C=O) groups excluding carboxylic acids is 1. The van der Waals surface area contributed by atoms with Crippen molar-refractivity contribution in [3.05, 3.63) is 91.0 Å². The van der Waals surface area contributed by atoms with Crippen LogP contribution in [0.2, 0.25) is 0 Å². The van der Waals surface area contributed by atoms with Gasteiger partial charge in [0.1, 0.15) is 5.82 Å². The largest absolute Gasteiger partial charge is 0.383 e. The third-order valence-electron chi connectivity index (χ3n) is 4.33. The summed E-state index contributed by atoms with van der Waals surface area (Å²) in [7, 11) is 0. The van der Waals surface area contributed by atoms with Gasteiger partial charge in [0, 0.05) is 11.0 Å². The average molecular weight is 443 g/mol. The van der Waals surface area contributed by atoms with Crippen molar-refractivity contribution in [2.45, 2.75) is 13.5 Å². The highest BCUT2D eigenvalue weighted by atomic mass is 79.9. The molecule has 1 heterocycles. The number of rotatable bonds is 5. The average Bonchev–Trinajstić information content (AvgIpc) is 2.69. The van der Waals surface area contributed by atoms with Crippen LogP contribution in [-0.2, 0) is 6.54 Å². The van der Waals surface area contributed by atoms with E-state index < -0.39 is 17.2 Å². The minimum atomic E-state index is -0.700. The molecule has 0 aliphatic heterocycles. The van der Waals surface area contributed by atoms with Crippen molar-refractivity contribution in [2.24, 2.45) is 0 Å². The van der Waals surface area contributed by atoms with Gasteiger partial charge in [0.25, 0.3) is 11.5 Å². The Balaban J connectivity index is 2.11. The molecule has 0 aliphatic rings. The van der Waals surface area contributed by atoms with E-state index in [2.05, 4.69) is 20.9 Å². The molecule has 1 aromatic heterocycles. The summed E-state index contributed by atoms with van der Waals surface area (Å²) < 4.78 is 1.85. The van der Waals surface area contributed by atoms with Crippen LogP contribution < -0.4 is 21.9 Å². The number of carbonyl (C=O) groups is 1. The number of halogens is 1. The summed E-state index contributed by atoms with van der Waals surface area (Å²) in [4.78, 5) is 41.5. The van der Waals surface area contributed by atoms with Gasteiger partial charge in [-0.1, -0.05) is 42.5 Å². The fourth-order valence-electron chi connectivity index (χ4n) is 2.94. The molecule has 3 aromatic rings. The van der Waals surface area contributed by atoms with E-state index in [0.29, 0.717) is 10.0 Å². The number of aromatic amines is 1. The number of benzene rings is 2. The Bertz CT molecular complexity index is 1120. The third-order valence-corrected chi connectivity index (χ3v) is 5.02. The topological polar surface area (TPSA) is 101 Å². The van der Waals surface area contributed by atoms with Gasteiger partial charge in [-0.05, 0) is 40.5 Å². The van der Waals surface area contributed by atoms with Crippen molar-refractivity contribution in [2.75, 3.05) is 17.2 Å². The second kappa shape index (κ2) is 8.26. The highest BCUT2D eigenvalue weighted by molar-refractivity contribution is 9.10. The van der Waals surface area contributed by atoms with Crippen molar-refractivity contribution in [3.8, 4) is 0 Å². The quantitative estimate of drug-likeness (QED) is 0.633. The Kier molecular flexibility index (Phi) is 5.79. The minimum absolute atomic E-state index is 0.0428. The van der Waals surface area contributed by atoms with Gasteiger partial charge in [0.2, 0.25) is 0 Å². The number of anilines is 2. The van der Waals surface area contributed by atoms with Crippen molar-refractivity contribution in [1.29, 1.82) is 0 Å². The van der Waals surface area contributed by atoms with Gasteiger partial charge in [-0.2, -0.15) is 0 Å². The molecule has 0 bridgehead atoms. The highest BCUT2D eigenvalue weighted by Crippen LogP contribution is 2.23. The van der Waals surface area contributed by atoms with Crippen LogP contribution in [0.3, 0.4) is 0 Å². The molecule has 0 atom stereocenters. The first-order valence-corrected chi connectivity index (χ1v) is 9.46. The number of hydrogen-bond donors (Lipinski definition) is 2. The molecule has 3 N–H and O–H groups in total. The summed E-state index contributed by atoms with van der Waals surface area (Å²) in [5.74, 6) is -0.447. The Hall–Kier alpha value is -3.13. The van der Waals surface area contributed by atoms with Crippen molar-refractivity contribution >= 4 is 33.3 Å². The summed E-state index contributed by atoms with van der Waals surface area (Å²) in [6.07, 6.45) is 0. The van der Waals surface area contributed by atoms with Gasteiger partial charge in [0.15, 0.2) is 5.69 Å². The molecule has 8 heteroatoms. The molecular weight excluding hydrogens is 424 g/mol. The molecule has 0 spiro atoms. The van der Waals surface area contributed by atoms with E-state index in [1.54, 1.807) is 31.2 Å². The van der Waals surface area contributed by atoms with E-state index >= 15 is 0 Å². The van der Waals surface area contributed by atoms with Gasteiger partial charge in [-0.25, -0.2) is 4.79 Å². The van der Waals surface area contributed by atoms with Crippen LogP contribution in [0.25, 0.3) is 0 Å². The SMILES string of the molecule is CCN(C(=O)c1ccccc1Br)c1c(N)n(Cc2ccccc2)c(=O)[nH]c1=O. The van der Waals surface area contributed by atoms with Gasteiger partial charge in [-0.3, -0.25) is 19.1 Å². The molecule has 28 heavy (non-hydrogen) atoms. The van der Waals surface area contributed by atoms with Gasteiger partial charge < -0.3 is 10.6 Å². The Morgan fingerprint density at radius 2 is 1.75 bits per heavy atom. The first-order chi connectivity index (χ1) is 13.4. The monoisotopic (exact) mass is 442 g/mol. The smallest absolute Gasteiger partial charge is 0.330 e. The summed E-state index contributed by atoms with van der Waals surface area (Å²) in [6.45, 7) is 2.12. The maximum atomic E-state index is 13.1. The van der Waals surface area contributed by atoms with E-state index in [0.717, 1.165) is 5.56 Å². The number of nitrogens with zero attached hydrogens (tertiary/aromatic N) is 2. The zero-order valence-electron chi connectivity index (χ0n) is 15.2. The maximum absolute atomic E-state index is 13.1. The lowest BCUT2D eigenvalue weighted by molar-refractivity contribution is 0.0987. The molecule has 0 aliphatic carbocycles. The molecule has 3 rings (SSSR count). The molecule has 0 saturated heterocycles. The highest BCUT2D eigenvalue weighted by Gasteiger charge is 2.25. The Labute approximate surface area is 169 Å². The van der Waals surface area contributed by atoms with E-state index in [1.165, 1.54) is 9.47 Å². The normalized spacial score (nSPS) is 10.6. The van der Waals surface area contributed by atoms with Crippen molar-refractivity contribution in [3.63, 3.8) is 0 Å². The van der Waals surface area contributed by atoms with Crippen LogP contribution in [0.5, 0.6) is 0 Å². The van der Waals surface area contributed by atoms with E-state index in [4.69, 9.17) is 5.73 Å². The number of nitrogen functional groups attached to an aromatic ring is 1. The summed E-state index contributed by atoms with van der Waals surface area (Å²) in [5.41, 5.74) is 6.07. The lowest BCUT2D eigenvalue weighted by Crippen LogP contribution is -2.41. The standard InChI is InChI=1S/C20H19BrN4O3/c1-2-24(19(27)14-10-6-7-11-15(14)21)16-17(22)25(20(28)23-18(16)26)12-13-8-4-3-5-9-13/h3-11H,2,12,22H2,1H3,(H,23,26,28). The van der Waals surface area contributed by atoms with Crippen molar-refractivity contribution < 1.29 is 4.79 Å². The predicted molar refractivity (Wildman–Crippen MR) is 113 cm³/mol. The van der Waals surface area contributed by atoms with Crippen LogP contribution in [-0.4, -0.2) is 22.0 Å². The van der Waals surface area contributed by atoms with Crippen LogP contribution in [0.15, 0.2) is 68.7 Å². The summed E-state index contributed by atoms with van der Waals surface area (Å²) in [5, 5.41) is 0. The molecule has 144 valence electrons. The maximum Gasteiger partial charge on any atom is 0.330 e. The van der Waals surface area contributed by atoms with Gasteiger partial charge in [0.05, 0.1) is 12.1 Å².